The topological polar surface area (TPSA) is 33.6 Å². The Morgan fingerprint density at radius 2 is 2.07 bits per heavy atom. The normalized spacial score (nSPS) is 26.8. The third-order valence-corrected chi connectivity index (χ3v) is 3.84. The Morgan fingerprint density at radius 3 is 2.60 bits per heavy atom. The Labute approximate surface area is 95.9 Å². The van der Waals surface area contributed by atoms with Gasteiger partial charge in [-0.2, -0.15) is 5.10 Å². The Morgan fingerprint density at radius 1 is 1.40 bits per heavy atom. The smallest absolute Gasteiger partial charge is 0.195 e. The van der Waals surface area contributed by atoms with Crippen LogP contribution in [-0.4, -0.2) is 14.8 Å². The van der Waals surface area contributed by atoms with E-state index in [4.69, 9.17) is 12.2 Å². The minimum absolute atomic E-state index is 0.770. The van der Waals surface area contributed by atoms with Crippen molar-refractivity contribution in [2.75, 3.05) is 0 Å². The molecular weight excluding hydrogens is 206 g/mol. The van der Waals surface area contributed by atoms with Crippen molar-refractivity contribution < 1.29 is 0 Å². The lowest BCUT2D eigenvalue weighted by Gasteiger charge is -2.26. The Hall–Kier alpha value is -0.640. The number of H-pyrrole nitrogens is 1. The molecule has 84 valence electrons. The van der Waals surface area contributed by atoms with Gasteiger partial charge in [0.2, 0.25) is 0 Å². The second-order valence-corrected chi connectivity index (χ2v) is 5.20. The summed E-state index contributed by atoms with van der Waals surface area (Å²) in [5.74, 6) is 2.72. The highest BCUT2D eigenvalue weighted by molar-refractivity contribution is 7.71. The number of hydrogen-bond donors (Lipinski definition) is 1. The van der Waals surface area contributed by atoms with Crippen molar-refractivity contribution >= 4 is 12.2 Å². The SMILES string of the molecule is Cc1n[nH]c(=S)n1CC1CCC(C)CC1. The molecule has 0 aromatic carbocycles. The highest BCUT2D eigenvalue weighted by atomic mass is 32.1. The molecule has 0 aliphatic heterocycles. The van der Waals surface area contributed by atoms with Crippen LogP contribution in [0.25, 0.3) is 0 Å². The molecule has 1 aliphatic carbocycles. The summed E-state index contributed by atoms with van der Waals surface area (Å²) in [6.07, 6.45) is 5.42. The lowest BCUT2D eigenvalue weighted by molar-refractivity contribution is 0.262. The predicted octanol–water partition coefficient (Wildman–Crippen LogP) is 3.08. The van der Waals surface area contributed by atoms with Gasteiger partial charge >= 0.3 is 0 Å². The van der Waals surface area contributed by atoms with E-state index >= 15 is 0 Å². The third kappa shape index (κ3) is 2.48. The van der Waals surface area contributed by atoms with Gasteiger partial charge in [-0.15, -0.1) is 0 Å². The molecule has 0 atom stereocenters. The summed E-state index contributed by atoms with van der Waals surface area (Å²) < 4.78 is 2.90. The molecule has 0 saturated heterocycles. The largest absolute Gasteiger partial charge is 0.304 e. The zero-order chi connectivity index (χ0) is 10.8. The fourth-order valence-corrected chi connectivity index (χ4v) is 2.63. The summed E-state index contributed by atoms with van der Waals surface area (Å²) in [5, 5.41) is 6.99. The number of nitrogens with zero attached hydrogens (tertiary/aromatic N) is 2. The van der Waals surface area contributed by atoms with E-state index in [1.54, 1.807) is 0 Å². The van der Waals surface area contributed by atoms with E-state index in [-0.39, 0.29) is 0 Å². The monoisotopic (exact) mass is 225 g/mol. The van der Waals surface area contributed by atoms with Crippen LogP contribution in [0.5, 0.6) is 0 Å². The van der Waals surface area contributed by atoms with Gasteiger partial charge in [0.25, 0.3) is 0 Å². The standard InChI is InChI=1S/C11H19N3S/c1-8-3-5-10(6-4-8)7-14-9(2)12-13-11(14)15/h8,10H,3-7H2,1-2H3,(H,13,15). The summed E-state index contributed by atoms with van der Waals surface area (Å²) >= 11 is 5.21. The molecule has 0 amide bonds. The van der Waals surface area contributed by atoms with Crippen LogP contribution < -0.4 is 0 Å². The number of nitrogens with one attached hydrogen (secondary N) is 1. The second kappa shape index (κ2) is 4.47. The summed E-state index contributed by atoms with van der Waals surface area (Å²) in [6.45, 7) is 5.41. The molecule has 1 N–H and O–H groups in total. The average molecular weight is 225 g/mol. The summed E-state index contributed by atoms with van der Waals surface area (Å²) in [7, 11) is 0. The highest BCUT2D eigenvalue weighted by Crippen LogP contribution is 2.29. The number of hydrogen-bond acceptors (Lipinski definition) is 2. The van der Waals surface area contributed by atoms with Gasteiger partial charge in [-0.1, -0.05) is 19.8 Å². The molecule has 1 fully saturated rings. The maximum absolute atomic E-state index is 5.21. The van der Waals surface area contributed by atoms with Crippen molar-refractivity contribution in [2.45, 2.75) is 46.1 Å². The van der Waals surface area contributed by atoms with E-state index in [2.05, 4.69) is 21.7 Å². The molecule has 0 bridgehead atoms. The summed E-state index contributed by atoms with van der Waals surface area (Å²) in [4.78, 5) is 0. The highest BCUT2D eigenvalue weighted by Gasteiger charge is 2.19. The second-order valence-electron chi connectivity index (χ2n) is 4.81. The number of aromatic amines is 1. The van der Waals surface area contributed by atoms with Crippen LogP contribution in [-0.2, 0) is 6.54 Å². The van der Waals surface area contributed by atoms with Crippen LogP contribution in [0.2, 0.25) is 0 Å². The van der Waals surface area contributed by atoms with Crippen molar-refractivity contribution in [1.82, 2.24) is 14.8 Å². The minimum atomic E-state index is 0.770. The van der Waals surface area contributed by atoms with Crippen molar-refractivity contribution in [1.29, 1.82) is 0 Å². The Bertz CT molecular complexity index is 371. The maximum atomic E-state index is 5.21. The molecule has 2 rings (SSSR count). The van der Waals surface area contributed by atoms with E-state index in [0.717, 1.165) is 29.0 Å². The van der Waals surface area contributed by atoms with Crippen molar-refractivity contribution in [3.05, 3.63) is 10.6 Å². The molecule has 1 aromatic heterocycles. The van der Waals surface area contributed by atoms with Crippen molar-refractivity contribution in [3.63, 3.8) is 0 Å². The van der Waals surface area contributed by atoms with Crippen molar-refractivity contribution in [3.8, 4) is 0 Å². The van der Waals surface area contributed by atoms with E-state index in [9.17, 15) is 0 Å². The average Bonchev–Trinajstić information content (AvgIpc) is 2.53. The zero-order valence-corrected chi connectivity index (χ0v) is 10.3. The number of aryl methyl sites for hydroxylation is 1. The quantitative estimate of drug-likeness (QED) is 0.785. The lowest BCUT2D eigenvalue weighted by atomic mass is 9.83. The van der Waals surface area contributed by atoms with Crippen LogP contribution >= 0.6 is 12.2 Å². The molecule has 1 aromatic rings. The predicted molar refractivity (Wildman–Crippen MR) is 63.3 cm³/mol. The van der Waals surface area contributed by atoms with Gasteiger partial charge < -0.3 is 4.57 Å². The van der Waals surface area contributed by atoms with E-state index in [1.807, 2.05) is 6.92 Å². The molecule has 1 heterocycles. The van der Waals surface area contributed by atoms with Gasteiger partial charge in [0, 0.05) is 6.54 Å². The van der Waals surface area contributed by atoms with E-state index in [1.165, 1.54) is 25.7 Å². The fraction of sp³-hybridized carbons (Fsp3) is 0.818. The van der Waals surface area contributed by atoms with Gasteiger partial charge in [0.15, 0.2) is 4.77 Å². The van der Waals surface area contributed by atoms with E-state index in [0.29, 0.717) is 0 Å². The molecular formula is C11H19N3S. The maximum Gasteiger partial charge on any atom is 0.195 e. The first-order valence-electron chi connectivity index (χ1n) is 5.78. The lowest BCUT2D eigenvalue weighted by Crippen LogP contribution is -2.18. The zero-order valence-electron chi connectivity index (χ0n) is 9.49. The van der Waals surface area contributed by atoms with Crippen LogP contribution in [0.15, 0.2) is 0 Å². The van der Waals surface area contributed by atoms with Gasteiger partial charge in [0.1, 0.15) is 5.82 Å². The molecule has 3 nitrogen and oxygen atoms in total. The first-order chi connectivity index (χ1) is 7.16. The third-order valence-electron chi connectivity index (χ3n) is 3.53. The molecule has 4 heteroatoms. The van der Waals surface area contributed by atoms with Crippen LogP contribution in [0.1, 0.15) is 38.4 Å². The Kier molecular flexibility index (Phi) is 3.24. The first-order valence-corrected chi connectivity index (χ1v) is 6.19. The minimum Gasteiger partial charge on any atom is -0.304 e. The van der Waals surface area contributed by atoms with Gasteiger partial charge in [-0.3, -0.25) is 5.10 Å². The van der Waals surface area contributed by atoms with Gasteiger partial charge in [0.05, 0.1) is 0 Å². The van der Waals surface area contributed by atoms with E-state index < -0.39 is 0 Å². The number of aromatic nitrogens is 3. The van der Waals surface area contributed by atoms with Crippen molar-refractivity contribution in [2.24, 2.45) is 11.8 Å². The Balaban J connectivity index is 2.00. The fourth-order valence-electron chi connectivity index (χ4n) is 2.38. The first kappa shape index (κ1) is 10.9. The molecule has 1 saturated carbocycles. The van der Waals surface area contributed by atoms with Gasteiger partial charge in [-0.25, -0.2) is 0 Å². The van der Waals surface area contributed by atoms with Crippen LogP contribution in [0.4, 0.5) is 0 Å². The molecule has 0 unspecified atom stereocenters. The molecule has 0 radical (unpaired) electrons. The van der Waals surface area contributed by atoms with Crippen LogP contribution in [0.3, 0.4) is 0 Å². The molecule has 15 heavy (non-hydrogen) atoms. The molecule has 0 spiro atoms. The summed E-state index contributed by atoms with van der Waals surface area (Å²) in [6, 6.07) is 0. The van der Waals surface area contributed by atoms with Gasteiger partial charge in [-0.05, 0) is 43.8 Å². The number of rotatable bonds is 2. The molecule has 1 aliphatic rings. The summed E-state index contributed by atoms with van der Waals surface area (Å²) in [5.41, 5.74) is 0. The van der Waals surface area contributed by atoms with Crippen LogP contribution in [0, 0.1) is 23.5 Å².